The second-order valence-corrected chi connectivity index (χ2v) is 6.24. The number of nitrogens with two attached hydrogens (primary N) is 1. The Kier molecular flexibility index (Phi) is 4.82. The minimum atomic E-state index is -4.51. The molecular formula is C9H10BrF3N2O3S. The van der Waals surface area contributed by atoms with E-state index in [1.165, 1.54) is 4.72 Å². The van der Waals surface area contributed by atoms with Crippen molar-refractivity contribution in [2.75, 3.05) is 18.9 Å². The fourth-order valence-electron chi connectivity index (χ4n) is 1.11. The van der Waals surface area contributed by atoms with Gasteiger partial charge in [0.2, 0.25) is 10.0 Å². The van der Waals surface area contributed by atoms with Gasteiger partial charge >= 0.3 is 0 Å². The van der Waals surface area contributed by atoms with Crippen LogP contribution in [0.2, 0.25) is 0 Å². The van der Waals surface area contributed by atoms with Crippen molar-refractivity contribution in [2.24, 2.45) is 0 Å². The Morgan fingerprint density at radius 1 is 1.42 bits per heavy atom. The number of hydrogen-bond acceptors (Lipinski definition) is 4. The van der Waals surface area contributed by atoms with Crippen LogP contribution in [0.4, 0.5) is 18.9 Å². The first kappa shape index (κ1) is 16.2. The molecule has 0 bridgehead atoms. The third-order valence-electron chi connectivity index (χ3n) is 2.06. The quantitative estimate of drug-likeness (QED) is 0.683. The van der Waals surface area contributed by atoms with E-state index in [1.807, 2.05) is 0 Å². The fourth-order valence-corrected chi connectivity index (χ4v) is 2.92. The predicted molar refractivity (Wildman–Crippen MR) is 65.7 cm³/mol. The maximum Gasteiger partial charge on any atom is 0.283 e. The van der Waals surface area contributed by atoms with Gasteiger partial charge in [0.05, 0.1) is 11.0 Å². The number of rotatable bonds is 5. The summed E-state index contributed by atoms with van der Waals surface area (Å²) >= 11 is 2.76. The van der Waals surface area contributed by atoms with Crippen LogP contribution in [0.1, 0.15) is 0 Å². The zero-order chi connectivity index (χ0) is 14.8. The average molecular weight is 363 g/mol. The van der Waals surface area contributed by atoms with Crippen LogP contribution < -0.4 is 10.5 Å². The van der Waals surface area contributed by atoms with Gasteiger partial charge in [0.1, 0.15) is 11.5 Å². The lowest BCUT2D eigenvalue weighted by Gasteiger charge is -2.15. The molecule has 0 aliphatic rings. The molecule has 0 saturated heterocycles. The summed E-state index contributed by atoms with van der Waals surface area (Å²) in [7, 11) is -4.51. The summed E-state index contributed by atoms with van der Waals surface area (Å²) in [5.74, 6) is -4.78. The Labute approximate surface area is 115 Å². The van der Waals surface area contributed by atoms with E-state index in [4.69, 9.17) is 10.8 Å². The molecule has 10 heteroatoms. The molecule has 1 aromatic carbocycles. The summed E-state index contributed by atoms with van der Waals surface area (Å²) in [6, 6.07) is 1.94. The van der Waals surface area contributed by atoms with E-state index in [-0.39, 0.29) is 10.2 Å². The molecule has 0 aliphatic heterocycles. The summed E-state index contributed by atoms with van der Waals surface area (Å²) in [4.78, 5) is -0.854. The molecule has 0 heterocycles. The lowest BCUT2D eigenvalue weighted by Crippen LogP contribution is -2.39. The summed E-state index contributed by atoms with van der Waals surface area (Å²) < 4.78 is 63.8. The van der Waals surface area contributed by atoms with E-state index < -0.39 is 39.8 Å². The number of benzene rings is 1. The highest BCUT2D eigenvalue weighted by molar-refractivity contribution is 9.10. The van der Waals surface area contributed by atoms with Crippen molar-refractivity contribution in [3.63, 3.8) is 0 Å². The van der Waals surface area contributed by atoms with Crippen LogP contribution in [0.25, 0.3) is 0 Å². The lowest BCUT2D eigenvalue weighted by atomic mass is 10.3. The number of aliphatic hydroxyl groups is 1. The monoisotopic (exact) mass is 362 g/mol. The zero-order valence-electron chi connectivity index (χ0n) is 9.33. The minimum absolute atomic E-state index is 0.0532. The smallest absolute Gasteiger partial charge is 0.283 e. The molecule has 0 aliphatic carbocycles. The molecule has 0 atom stereocenters. The van der Waals surface area contributed by atoms with E-state index in [9.17, 15) is 21.6 Å². The van der Waals surface area contributed by atoms with Crippen molar-refractivity contribution in [3.8, 4) is 0 Å². The third kappa shape index (κ3) is 4.06. The van der Waals surface area contributed by atoms with Gasteiger partial charge in [0.15, 0.2) is 5.82 Å². The van der Waals surface area contributed by atoms with Gasteiger partial charge in [-0.3, -0.25) is 0 Å². The summed E-state index contributed by atoms with van der Waals surface area (Å²) in [6.45, 7) is -2.88. The number of halogens is 4. The number of aliphatic hydroxyl groups excluding tert-OH is 1. The highest BCUT2D eigenvalue weighted by atomic mass is 79.9. The van der Waals surface area contributed by atoms with Crippen molar-refractivity contribution in [1.82, 2.24) is 4.72 Å². The van der Waals surface area contributed by atoms with Crippen molar-refractivity contribution in [3.05, 3.63) is 22.4 Å². The Hall–Kier alpha value is -0.840. The van der Waals surface area contributed by atoms with E-state index in [2.05, 4.69) is 15.9 Å². The Bertz CT molecular complexity index is 580. The first-order chi connectivity index (χ1) is 8.59. The average Bonchev–Trinajstić information content (AvgIpc) is 2.31. The number of nitrogens with one attached hydrogen (secondary N) is 1. The highest BCUT2D eigenvalue weighted by Crippen LogP contribution is 2.26. The highest BCUT2D eigenvalue weighted by Gasteiger charge is 2.31. The van der Waals surface area contributed by atoms with Gasteiger partial charge < -0.3 is 10.8 Å². The van der Waals surface area contributed by atoms with Crippen molar-refractivity contribution >= 4 is 31.6 Å². The minimum Gasteiger partial charge on any atom is -0.399 e. The maximum atomic E-state index is 13.6. The van der Waals surface area contributed by atoms with Gasteiger partial charge in [-0.2, -0.15) is 0 Å². The van der Waals surface area contributed by atoms with E-state index in [1.54, 1.807) is 0 Å². The van der Waals surface area contributed by atoms with Crippen LogP contribution in [0.5, 0.6) is 0 Å². The third-order valence-corrected chi connectivity index (χ3v) is 4.04. The normalized spacial score (nSPS) is 12.7. The molecule has 1 aromatic rings. The number of alkyl halides is 2. The molecule has 19 heavy (non-hydrogen) atoms. The number of sulfonamides is 1. The predicted octanol–water partition coefficient (Wildman–Crippen LogP) is 1.08. The second-order valence-electron chi connectivity index (χ2n) is 3.65. The first-order valence-electron chi connectivity index (χ1n) is 4.82. The van der Waals surface area contributed by atoms with E-state index in [0.29, 0.717) is 0 Å². The summed E-state index contributed by atoms with van der Waals surface area (Å²) in [5.41, 5.74) is 5.30. The first-order valence-corrected chi connectivity index (χ1v) is 7.09. The molecule has 5 nitrogen and oxygen atoms in total. The molecule has 108 valence electrons. The summed E-state index contributed by atoms with van der Waals surface area (Å²) in [5, 5.41) is 8.32. The molecule has 0 saturated carbocycles. The van der Waals surface area contributed by atoms with E-state index >= 15 is 0 Å². The summed E-state index contributed by atoms with van der Waals surface area (Å²) in [6.07, 6.45) is 0. The van der Waals surface area contributed by atoms with Gasteiger partial charge in [0.25, 0.3) is 5.92 Å². The fraction of sp³-hybridized carbons (Fsp3) is 0.333. The Morgan fingerprint density at radius 2 is 2.00 bits per heavy atom. The van der Waals surface area contributed by atoms with Crippen molar-refractivity contribution < 1.29 is 26.7 Å². The molecular weight excluding hydrogens is 353 g/mol. The molecule has 0 amide bonds. The standard InChI is InChI=1S/C9H10BrF3N2O3S/c10-6-1-5(14)2-7(8(6)11)19(17,18)15-3-9(12,13)4-16/h1-2,15-16H,3-4,14H2. The van der Waals surface area contributed by atoms with Crippen LogP contribution in [0.15, 0.2) is 21.5 Å². The van der Waals surface area contributed by atoms with Crippen molar-refractivity contribution in [2.45, 2.75) is 10.8 Å². The van der Waals surface area contributed by atoms with Gasteiger partial charge in [-0.25, -0.2) is 26.3 Å². The van der Waals surface area contributed by atoms with Crippen LogP contribution in [-0.2, 0) is 10.0 Å². The van der Waals surface area contributed by atoms with Crippen LogP contribution in [0, 0.1) is 5.82 Å². The number of nitrogen functional groups attached to an aromatic ring is 1. The largest absolute Gasteiger partial charge is 0.399 e. The SMILES string of the molecule is Nc1cc(Br)c(F)c(S(=O)(=O)NCC(F)(F)CO)c1. The molecule has 4 N–H and O–H groups in total. The molecule has 0 spiro atoms. The van der Waals surface area contributed by atoms with Crippen molar-refractivity contribution in [1.29, 1.82) is 0 Å². The van der Waals surface area contributed by atoms with Crippen LogP contribution >= 0.6 is 15.9 Å². The second kappa shape index (κ2) is 5.65. The molecule has 1 rings (SSSR count). The molecule has 0 aromatic heterocycles. The van der Waals surface area contributed by atoms with Crippen LogP contribution in [0.3, 0.4) is 0 Å². The van der Waals surface area contributed by atoms with Gasteiger partial charge in [-0.1, -0.05) is 0 Å². The number of anilines is 1. The molecule has 0 unspecified atom stereocenters. The maximum absolute atomic E-state index is 13.6. The molecule has 0 radical (unpaired) electrons. The number of hydrogen-bond donors (Lipinski definition) is 3. The Morgan fingerprint density at radius 3 is 2.53 bits per heavy atom. The van der Waals surface area contributed by atoms with Gasteiger partial charge in [-0.15, -0.1) is 0 Å². The van der Waals surface area contributed by atoms with Gasteiger partial charge in [-0.05, 0) is 28.1 Å². The molecule has 0 fully saturated rings. The van der Waals surface area contributed by atoms with Crippen LogP contribution in [-0.4, -0.2) is 32.6 Å². The lowest BCUT2D eigenvalue weighted by molar-refractivity contribution is -0.0437. The zero-order valence-corrected chi connectivity index (χ0v) is 11.7. The Balaban J connectivity index is 3.08. The van der Waals surface area contributed by atoms with Gasteiger partial charge in [0, 0.05) is 5.69 Å². The topological polar surface area (TPSA) is 92.4 Å². The van der Waals surface area contributed by atoms with E-state index in [0.717, 1.165) is 12.1 Å².